The van der Waals surface area contributed by atoms with Crippen molar-refractivity contribution in [2.75, 3.05) is 6.61 Å². The Morgan fingerprint density at radius 2 is 2.47 bits per heavy atom. The third-order valence-corrected chi connectivity index (χ3v) is 1.95. The first kappa shape index (κ1) is 9.51. The Kier molecular flexibility index (Phi) is 2.53. The molecule has 0 aliphatic heterocycles. The van der Waals surface area contributed by atoms with Gasteiger partial charge in [0.05, 0.1) is 18.5 Å². The zero-order valence-electron chi connectivity index (χ0n) is 8.28. The van der Waals surface area contributed by atoms with Crippen molar-refractivity contribution in [1.29, 1.82) is 0 Å². The first-order valence-electron chi connectivity index (χ1n) is 4.66. The molecule has 0 saturated heterocycles. The molecule has 0 saturated carbocycles. The first-order valence-corrected chi connectivity index (χ1v) is 4.66. The summed E-state index contributed by atoms with van der Waals surface area (Å²) < 4.78 is 4.82. The van der Waals surface area contributed by atoms with Gasteiger partial charge in [-0.1, -0.05) is 0 Å². The molecule has 0 fully saturated rings. The average Bonchev–Trinajstić information content (AvgIpc) is 2.89. The fourth-order valence-corrected chi connectivity index (χ4v) is 1.26. The number of carbonyl (C=O) groups excluding carboxylic acids is 1. The molecule has 2 rings (SSSR count). The summed E-state index contributed by atoms with van der Waals surface area (Å²) in [6.45, 7) is 2.10. The molecule has 2 aromatic heterocycles. The van der Waals surface area contributed by atoms with Gasteiger partial charge in [-0.05, 0) is 13.0 Å². The molecule has 78 valence electrons. The Morgan fingerprint density at radius 3 is 3.13 bits per heavy atom. The Bertz CT molecular complexity index is 445. The van der Waals surface area contributed by atoms with Gasteiger partial charge in [0.15, 0.2) is 0 Å². The van der Waals surface area contributed by atoms with Gasteiger partial charge >= 0.3 is 5.97 Å². The lowest BCUT2D eigenvalue weighted by Crippen LogP contribution is -2.06. The number of imidazole rings is 1. The van der Waals surface area contributed by atoms with Crippen LogP contribution in [0.1, 0.15) is 17.5 Å². The minimum Gasteiger partial charge on any atom is -0.460 e. The summed E-state index contributed by atoms with van der Waals surface area (Å²) in [6.07, 6.45) is 5.23. The van der Waals surface area contributed by atoms with E-state index >= 15 is 0 Å². The van der Waals surface area contributed by atoms with Crippen molar-refractivity contribution < 1.29 is 9.53 Å². The third kappa shape index (κ3) is 1.90. The fourth-order valence-electron chi connectivity index (χ4n) is 1.26. The van der Waals surface area contributed by atoms with E-state index in [0.29, 0.717) is 6.61 Å². The molecule has 0 amide bonds. The summed E-state index contributed by atoms with van der Waals surface area (Å²) in [5.41, 5.74) is 1.75. The summed E-state index contributed by atoms with van der Waals surface area (Å²) in [6, 6.07) is 1.89. The maximum atomic E-state index is 11.3. The number of aromatic nitrogens is 3. The molecule has 0 unspecified atom stereocenters. The van der Waals surface area contributed by atoms with Gasteiger partial charge in [0.2, 0.25) is 5.82 Å². The molecule has 5 nitrogen and oxygen atoms in total. The molecule has 2 heterocycles. The standard InChI is InChI=1S/C10H11N3O2/c1-2-15-10(14)9-12-6-8(13-9)7-3-4-11-5-7/h3-6,11H,2H2,1H3,(H,12,13). The van der Waals surface area contributed by atoms with Crippen LogP contribution in [0.2, 0.25) is 0 Å². The number of carbonyl (C=O) groups is 1. The number of rotatable bonds is 3. The summed E-state index contributed by atoms with van der Waals surface area (Å²) >= 11 is 0. The van der Waals surface area contributed by atoms with Crippen LogP contribution in [-0.2, 0) is 4.74 Å². The van der Waals surface area contributed by atoms with Crippen LogP contribution in [-0.4, -0.2) is 27.5 Å². The van der Waals surface area contributed by atoms with Crippen molar-refractivity contribution in [3.8, 4) is 11.3 Å². The molecule has 0 spiro atoms. The summed E-state index contributed by atoms with van der Waals surface area (Å²) in [5.74, 6) is -0.202. The number of hydrogen-bond donors (Lipinski definition) is 2. The van der Waals surface area contributed by atoms with E-state index in [0.717, 1.165) is 11.3 Å². The first-order chi connectivity index (χ1) is 7.31. The highest BCUT2D eigenvalue weighted by Crippen LogP contribution is 2.15. The van der Waals surface area contributed by atoms with Gasteiger partial charge in [0, 0.05) is 18.0 Å². The van der Waals surface area contributed by atoms with Crippen LogP contribution in [0.3, 0.4) is 0 Å². The predicted octanol–water partition coefficient (Wildman–Crippen LogP) is 1.58. The predicted molar refractivity (Wildman–Crippen MR) is 54.3 cm³/mol. The van der Waals surface area contributed by atoms with Crippen molar-refractivity contribution >= 4 is 5.97 Å². The van der Waals surface area contributed by atoms with E-state index in [1.54, 1.807) is 19.3 Å². The zero-order valence-corrected chi connectivity index (χ0v) is 8.28. The number of ether oxygens (including phenoxy) is 1. The van der Waals surface area contributed by atoms with E-state index in [1.165, 1.54) is 0 Å². The van der Waals surface area contributed by atoms with Gasteiger partial charge in [-0.15, -0.1) is 0 Å². The van der Waals surface area contributed by atoms with E-state index in [1.807, 2.05) is 12.3 Å². The molecular formula is C10H11N3O2. The molecule has 0 atom stereocenters. The molecule has 0 bridgehead atoms. The van der Waals surface area contributed by atoms with Crippen molar-refractivity contribution in [3.05, 3.63) is 30.5 Å². The Hall–Kier alpha value is -2.04. The summed E-state index contributed by atoms with van der Waals surface area (Å²) in [7, 11) is 0. The molecule has 0 aliphatic carbocycles. The SMILES string of the molecule is CCOC(=O)c1ncc(-c2cc[nH]c2)[nH]1. The van der Waals surface area contributed by atoms with Gasteiger partial charge in [0.1, 0.15) is 0 Å². The highest BCUT2D eigenvalue weighted by molar-refractivity contribution is 5.86. The van der Waals surface area contributed by atoms with Gasteiger partial charge in [-0.2, -0.15) is 0 Å². The minimum absolute atomic E-state index is 0.230. The number of H-pyrrole nitrogens is 2. The topological polar surface area (TPSA) is 70.8 Å². The van der Waals surface area contributed by atoms with Crippen molar-refractivity contribution in [2.24, 2.45) is 0 Å². The van der Waals surface area contributed by atoms with E-state index < -0.39 is 5.97 Å². The van der Waals surface area contributed by atoms with Crippen LogP contribution >= 0.6 is 0 Å². The molecule has 0 radical (unpaired) electrons. The van der Waals surface area contributed by atoms with Crippen LogP contribution in [0.4, 0.5) is 0 Å². The number of nitrogens with zero attached hydrogens (tertiary/aromatic N) is 1. The number of aromatic amines is 2. The quantitative estimate of drug-likeness (QED) is 0.747. The summed E-state index contributed by atoms with van der Waals surface area (Å²) in [5, 5.41) is 0. The normalized spacial score (nSPS) is 10.2. The lowest BCUT2D eigenvalue weighted by Gasteiger charge is -1.96. The van der Waals surface area contributed by atoms with E-state index in [9.17, 15) is 4.79 Å². The van der Waals surface area contributed by atoms with Crippen LogP contribution in [0.5, 0.6) is 0 Å². The maximum absolute atomic E-state index is 11.3. The minimum atomic E-state index is -0.431. The average molecular weight is 205 g/mol. The number of esters is 1. The lowest BCUT2D eigenvalue weighted by molar-refractivity contribution is 0.0513. The second kappa shape index (κ2) is 4.00. The molecule has 0 aromatic carbocycles. The Balaban J connectivity index is 2.21. The number of nitrogens with one attached hydrogen (secondary N) is 2. The van der Waals surface area contributed by atoms with E-state index in [4.69, 9.17) is 4.74 Å². The monoisotopic (exact) mass is 205 g/mol. The molecule has 0 aliphatic rings. The van der Waals surface area contributed by atoms with E-state index in [2.05, 4.69) is 15.0 Å². The van der Waals surface area contributed by atoms with Crippen molar-refractivity contribution in [3.63, 3.8) is 0 Å². The third-order valence-electron chi connectivity index (χ3n) is 1.95. The van der Waals surface area contributed by atoms with Crippen LogP contribution < -0.4 is 0 Å². The smallest absolute Gasteiger partial charge is 0.374 e. The van der Waals surface area contributed by atoms with Gasteiger partial charge in [-0.25, -0.2) is 9.78 Å². The lowest BCUT2D eigenvalue weighted by atomic mass is 10.3. The highest BCUT2D eigenvalue weighted by atomic mass is 16.5. The van der Waals surface area contributed by atoms with Gasteiger partial charge < -0.3 is 14.7 Å². The van der Waals surface area contributed by atoms with E-state index in [-0.39, 0.29) is 5.82 Å². The van der Waals surface area contributed by atoms with Crippen molar-refractivity contribution in [2.45, 2.75) is 6.92 Å². The van der Waals surface area contributed by atoms with Crippen LogP contribution in [0, 0.1) is 0 Å². The zero-order chi connectivity index (χ0) is 10.7. The largest absolute Gasteiger partial charge is 0.460 e. The molecule has 2 N–H and O–H groups in total. The Labute approximate surface area is 86.5 Å². The number of hydrogen-bond acceptors (Lipinski definition) is 3. The van der Waals surface area contributed by atoms with Crippen molar-refractivity contribution in [1.82, 2.24) is 15.0 Å². The summed E-state index contributed by atoms with van der Waals surface area (Å²) in [4.78, 5) is 21.1. The van der Waals surface area contributed by atoms with Gasteiger partial charge in [-0.3, -0.25) is 0 Å². The highest BCUT2D eigenvalue weighted by Gasteiger charge is 2.11. The molecule has 15 heavy (non-hydrogen) atoms. The maximum Gasteiger partial charge on any atom is 0.374 e. The van der Waals surface area contributed by atoms with Gasteiger partial charge in [0.25, 0.3) is 0 Å². The molecular weight excluding hydrogens is 194 g/mol. The molecule has 5 heteroatoms. The van der Waals surface area contributed by atoms with Crippen LogP contribution in [0.25, 0.3) is 11.3 Å². The second-order valence-corrected chi connectivity index (χ2v) is 2.97. The fraction of sp³-hybridized carbons (Fsp3) is 0.200. The van der Waals surface area contributed by atoms with Crippen LogP contribution in [0.15, 0.2) is 24.7 Å². The molecule has 2 aromatic rings. The Morgan fingerprint density at radius 1 is 1.60 bits per heavy atom. The second-order valence-electron chi connectivity index (χ2n) is 2.97.